The lowest BCUT2D eigenvalue weighted by Gasteiger charge is -2.26. The highest BCUT2D eigenvalue weighted by Gasteiger charge is 2.21. The Morgan fingerprint density at radius 2 is 1.84 bits per heavy atom. The summed E-state index contributed by atoms with van der Waals surface area (Å²) in [6.45, 7) is 1.53. The number of carbonyl (C=O) groups is 1. The van der Waals surface area contributed by atoms with Crippen LogP contribution in [0.15, 0.2) is 47.5 Å². The van der Waals surface area contributed by atoms with E-state index in [1.54, 1.807) is 43.6 Å². The first-order valence-electron chi connectivity index (χ1n) is 13.1. The smallest absolute Gasteiger partial charge is 0.404 e. The minimum Gasteiger partial charge on any atom is -0.476 e. The highest BCUT2D eigenvalue weighted by Crippen LogP contribution is 2.34. The van der Waals surface area contributed by atoms with Crippen molar-refractivity contribution < 1.29 is 23.1 Å². The van der Waals surface area contributed by atoms with Crippen LogP contribution in [0.5, 0.6) is 5.88 Å². The molecule has 226 valence electrons. The molecule has 1 fully saturated rings. The van der Waals surface area contributed by atoms with E-state index in [0.29, 0.717) is 63.1 Å². The topological polar surface area (TPSA) is 169 Å². The van der Waals surface area contributed by atoms with Gasteiger partial charge in [0.15, 0.2) is 9.84 Å². The van der Waals surface area contributed by atoms with Crippen molar-refractivity contribution in [2.45, 2.75) is 6.54 Å². The van der Waals surface area contributed by atoms with E-state index in [1.165, 1.54) is 10.8 Å². The van der Waals surface area contributed by atoms with E-state index in [9.17, 15) is 18.0 Å². The van der Waals surface area contributed by atoms with Crippen molar-refractivity contribution in [1.29, 1.82) is 0 Å². The van der Waals surface area contributed by atoms with Crippen LogP contribution in [0.25, 0.3) is 22.2 Å². The molecular formula is C27H27Cl2N7O6S. The third-order valence-corrected chi connectivity index (χ3v) is 9.11. The van der Waals surface area contributed by atoms with Gasteiger partial charge in [-0.15, -0.1) is 0 Å². The van der Waals surface area contributed by atoms with Crippen LogP contribution in [0.1, 0.15) is 5.56 Å². The summed E-state index contributed by atoms with van der Waals surface area (Å²) in [6, 6.07) is 8.30. The first-order chi connectivity index (χ1) is 20.5. The molecule has 0 aliphatic carbocycles. The van der Waals surface area contributed by atoms with Crippen LogP contribution in [-0.2, 0) is 23.4 Å². The fourth-order valence-corrected chi connectivity index (χ4v) is 6.49. The molecule has 3 N–H and O–H groups in total. The van der Waals surface area contributed by atoms with E-state index in [4.69, 9.17) is 33.0 Å². The van der Waals surface area contributed by atoms with E-state index >= 15 is 0 Å². The zero-order valence-electron chi connectivity index (χ0n) is 22.9. The van der Waals surface area contributed by atoms with E-state index in [-0.39, 0.29) is 42.0 Å². The number of carboxylic acid groups (broad SMARTS) is 1. The predicted octanol–water partition coefficient (Wildman–Crippen LogP) is 3.32. The third-order valence-electron chi connectivity index (χ3n) is 6.88. The molecule has 0 bridgehead atoms. The zero-order valence-corrected chi connectivity index (χ0v) is 25.2. The number of fused-ring (bicyclic) bond motifs is 1. The molecule has 43 heavy (non-hydrogen) atoms. The minimum atomic E-state index is -2.98. The lowest BCUT2D eigenvalue weighted by Crippen LogP contribution is -2.42. The SMILES string of the molecule is Cn1c(=O)c(-c2c(Cl)cccc2Cl)cc2cnc(Nc3cnc(OCCN4CCS(=O)(=O)CC4)c(CNC(=O)O)c3)nc21. The second-order valence-electron chi connectivity index (χ2n) is 9.81. The van der Waals surface area contributed by atoms with Crippen molar-refractivity contribution in [3.8, 4) is 17.0 Å². The average molecular weight is 649 g/mol. The number of benzene rings is 1. The van der Waals surface area contributed by atoms with Crippen molar-refractivity contribution in [3.63, 3.8) is 0 Å². The van der Waals surface area contributed by atoms with Crippen molar-refractivity contribution in [2.75, 3.05) is 43.1 Å². The molecular weight excluding hydrogens is 621 g/mol. The highest BCUT2D eigenvalue weighted by molar-refractivity contribution is 7.91. The van der Waals surface area contributed by atoms with Crippen LogP contribution in [-0.4, -0.2) is 81.8 Å². The van der Waals surface area contributed by atoms with Gasteiger partial charge in [-0.1, -0.05) is 29.3 Å². The van der Waals surface area contributed by atoms with Gasteiger partial charge in [-0.3, -0.25) is 14.3 Å². The highest BCUT2D eigenvalue weighted by atomic mass is 35.5. The number of hydrogen-bond acceptors (Lipinski definition) is 10. The largest absolute Gasteiger partial charge is 0.476 e. The Morgan fingerprint density at radius 1 is 1.12 bits per heavy atom. The molecule has 1 aliphatic rings. The fraction of sp³-hybridized carbons (Fsp3) is 0.296. The van der Waals surface area contributed by atoms with Gasteiger partial charge in [-0.25, -0.2) is 23.2 Å². The second-order valence-corrected chi connectivity index (χ2v) is 12.9. The van der Waals surface area contributed by atoms with Crippen LogP contribution in [0.2, 0.25) is 10.0 Å². The monoisotopic (exact) mass is 647 g/mol. The average Bonchev–Trinajstić information content (AvgIpc) is 2.96. The Kier molecular flexibility index (Phi) is 9.01. The Morgan fingerprint density at radius 3 is 2.53 bits per heavy atom. The molecule has 0 unspecified atom stereocenters. The Hall–Kier alpha value is -3.98. The molecule has 0 spiro atoms. The molecule has 1 aromatic carbocycles. The lowest BCUT2D eigenvalue weighted by atomic mass is 10.1. The molecule has 4 aromatic rings. The molecule has 13 nitrogen and oxygen atoms in total. The summed E-state index contributed by atoms with van der Waals surface area (Å²) in [4.78, 5) is 39.6. The Labute approximate surface area is 256 Å². The standard InChI is InChI=1S/C27H27Cl2N7O6S/c1-35-23-16(12-19(25(35)37)22-20(28)3-2-4-21(22)29)13-31-26(34-23)33-18-11-17(14-32-27(38)39)24(30-15-18)42-8-5-36-6-9-43(40,41)10-7-36/h2-4,11-13,15,32H,5-10,14H2,1H3,(H,38,39)(H,31,33,34). The van der Waals surface area contributed by atoms with Gasteiger partial charge in [0.2, 0.25) is 11.8 Å². The number of aryl methyl sites for hydroxylation is 1. The van der Waals surface area contributed by atoms with Crippen molar-refractivity contribution >= 4 is 61.8 Å². The van der Waals surface area contributed by atoms with E-state index in [2.05, 4.69) is 25.6 Å². The van der Waals surface area contributed by atoms with Gasteiger partial charge in [0, 0.05) is 49.4 Å². The maximum Gasteiger partial charge on any atom is 0.404 e. The number of amides is 1. The van der Waals surface area contributed by atoms with Crippen LogP contribution in [0.3, 0.4) is 0 Å². The van der Waals surface area contributed by atoms with Gasteiger partial charge in [-0.2, -0.15) is 4.98 Å². The summed E-state index contributed by atoms with van der Waals surface area (Å²) >= 11 is 12.7. The number of halogens is 2. The number of pyridine rings is 2. The van der Waals surface area contributed by atoms with Gasteiger partial charge in [0.05, 0.1) is 45.5 Å². The van der Waals surface area contributed by atoms with E-state index < -0.39 is 15.9 Å². The number of nitrogens with one attached hydrogen (secondary N) is 2. The number of ether oxygens (including phenoxy) is 1. The van der Waals surface area contributed by atoms with Crippen molar-refractivity contribution in [1.82, 2.24) is 29.7 Å². The van der Waals surface area contributed by atoms with Gasteiger partial charge < -0.3 is 20.5 Å². The van der Waals surface area contributed by atoms with Gasteiger partial charge in [0.1, 0.15) is 12.3 Å². The molecule has 0 saturated carbocycles. The first-order valence-corrected chi connectivity index (χ1v) is 15.7. The maximum atomic E-state index is 13.2. The Balaban J connectivity index is 1.35. The number of hydrogen-bond donors (Lipinski definition) is 3. The van der Waals surface area contributed by atoms with Crippen LogP contribution < -0.4 is 20.9 Å². The van der Waals surface area contributed by atoms with Crippen LogP contribution in [0, 0.1) is 0 Å². The van der Waals surface area contributed by atoms with Gasteiger partial charge >= 0.3 is 6.09 Å². The number of nitrogens with zero attached hydrogens (tertiary/aromatic N) is 5. The van der Waals surface area contributed by atoms with E-state index in [1.807, 2.05) is 4.90 Å². The van der Waals surface area contributed by atoms with E-state index in [0.717, 1.165) is 0 Å². The number of rotatable bonds is 9. The molecule has 16 heteroatoms. The summed E-state index contributed by atoms with van der Waals surface area (Å²) in [6.07, 6.45) is 1.83. The molecule has 4 heterocycles. The summed E-state index contributed by atoms with van der Waals surface area (Å²) in [5, 5.41) is 15.7. The van der Waals surface area contributed by atoms with Crippen LogP contribution in [0.4, 0.5) is 16.4 Å². The summed E-state index contributed by atoms with van der Waals surface area (Å²) < 4.78 is 30.5. The molecule has 0 radical (unpaired) electrons. The number of sulfone groups is 1. The second kappa shape index (κ2) is 12.7. The third kappa shape index (κ3) is 7.16. The normalized spacial score (nSPS) is 14.9. The molecule has 1 aliphatic heterocycles. The lowest BCUT2D eigenvalue weighted by molar-refractivity contribution is 0.193. The number of aromatic nitrogens is 4. The molecule has 0 atom stereocenters. The van der Waals surface area contributed by atoms with Gasteiger partial charge in [0.25, 0.3) is 5.56 Å². The van der Waals surface area contributed by atoms with Crippen molar-refractivity contribution in [3.05, 3.63) is 68.7 Å². The summed E-state index contributed by atoms with van der Waals surface area (Å²) in [5.41, 5.74) is 1.68. The summed E-state index contributed by atoms with van der Waals surface area (Å²) in [7, 11) is -1.40. The Bertz CT molecular complexity index is 1830. The molecule has 1 saturated heterocycles. The van der Waals surface area contributed by atoms with Gasteiger partial charge in [-0.05, 0) is 24.3 Å². The minimum absolute atomic E-state index is 0.0738. The quantitative estimate of drug-likeness (QED) is 0.244. The summed E-state index contributed by atoms with van der Waals surface area (Å²) in [5.74, 6) is 0.637. The first kappa shape index (κ1) is 30.5. The van der Waals surface area contributed by atoms with Crippen LogP contribution >= 0.6 is 23.2 Å². The molecule has 1 amide bonds. The number of anilines is 2. The molecule has 3 aromatic heterocycles. The molecule has 5 rings (SSSR count). The predicted molar refractivity (Wildman–Crippen MR) is 163 cm³/mol. The maximum absolute atomic E-state index is 13.2. The zero-order chi connectivity index (χ0) is 30.7. The van der Waals surface area contributed by atoms with Crippen molar-refractivity contribution in [2.24, 2.45) is 7.05 Å². The fourth-order valence-electron chi connectivity index (χ4n) is 4.61.